The van der Waals surface area contributed by atoms with Gasteiger partial charge in [-0.1, -0.05) is 49.9 Å². The number of hydrogen-bond acceptors (Lipinski definition) is 2. The van der Waals surface area contributed by atoms with E-state index in [0.717, 1.165) is 50.7 Å². The number of ether oxygens (including phenoxy) is 1. The zero-order chi connectivity index (χ0) is 19.3. The Morgan fingerprint density at radius 1 is 0.929 bits per heavy atom. The van der Waals surface area contributed by atoms with E-state index in [-0.39, 0.29) is 16.8 Å². The first-order valence-corrected chi connectivity index (χ1v) is 11.0. The molecule has 150 valence electrons. The van der Waals surface area contributed by atoms with Gasteiger partial charge in [0.15, 0.2) is 0 Å². The Balaban J connectivity index is 1.40. The van der Waals surface area contributed by atoms with E-state index < -0.39 is 0 Å². The summed E-state index contributed by atoms with van der Waals surface area (Å²) < 4.78 is 20.2. The van der Waals surface area contributed by atoms with Crippen molar-refractivity contribution in [2.24, 2.45) is 0 Å². The van der Waals surface area contributed by atoms with Crippen LogP contribution in [-0.4, -0.2) is 17.2 Å². The molecular formula is C25H32FNO. The number of pyridine rings is 1. The van der Waals surface area contributed by atoms with Crippen molar-refractivity contribution in [1.82, 2.24) is 4.98 Å². The molecule has 0 N–H and O–H groups in total. The van der Waals surface area contributed by atoms with Crippen LogP contribution in [0.3, 0.4) is 0 Å². The first kappa shape index (κ1) is 19.6. The summed E-state index contributed by atoms with van der Waals surface area (Å²) in [6, 6.07) is 13.5. The largest absolute Gasteiger partial charge is 0.375 e. The van der Waals surface area contributed by atoms with Gasteiger partial charge in [0.2, 0.25) is 0 Å². The fourth-order valence-corrected chi connectivity index (χ4v) is 5.45. The van der Waals surface area contributed by atoms with E-state index in [2.05, 4.69) is 12.1 Å². The normalized spacial score (nSPS) is 23.9. The summed E-state index contributed by atoms with van der Waals surface area (Å²) in [6.45, 7) is 0.853. The summed E-state index contributed by atoms with van der Waals surface area (Å²) in [5.41, 5.74) is 2.32. The fourth-order valence-electron chi connectivity index (χ4n) is 5.45. The molecule has 0 unspecified atom stereocenters. The molecule has 2 heterocycles. The molecule has 1 aromatic heterocycles. The van der Waals surface area contributed by atoms with Gasteiger partial charge in [0.05, 0.1) is 5.60 Å². The first-order chi connectivity index (χ1) is 13.7. The first-order valence-electron chi connectivity index (χ1n) is 11.0. The van der Waals surface area contributed by atoms with Gasteiger partial charge in [-0.05, 0) is 68.7 Å². The van der Waals surface area contributed by atoms with Gasteiger partial charge in [-0.2, -0.15) is 0 Å². The van der Waals surface area contributed by atoms with Crippen LogP contribution >= 0.6 is 0 Å². The summed E-state index contributed by atoms with van der Waals surface area (Å²) in [4.78, 5) is 4.78. The zero-order valence-corrected chi connectivity index (χ0v) is 16.8. The molecule has 28 heavy (non-hydrogen) atoms. The molecule has 2 aliphatic rings. The van der Waals surface area contributed by atoms with Gasteiger partial charge in [-0.3, -0.25) is 4.98 Å². The Kier molecular flexibility index (Phi) is 6.10. The van der Waals surface area contributed by atoms with Crippen LogP contribution < -0.4 is 0 Å². The van der Waals surface area contributed by atoms with Crippen molar-refractivity contribution in [2.45, 2.75) is 81.6 Å². The van der Waals surface area contributed by atoms with Crippen LogP contribution in [0.4, 0.5) is 4.39 Å². The molecule has 0 radical (unpaired) electrons. The third kappa shape index (κ3) is 4.30. The van der Waals surface area contributed by atoms with Crippen LogP contribution in [0, 0.1) is 5.82 Å². The van der Waals surface area contributed by atoms with E-state index in [1.165, 1.54) is 37.8 Å². The number of rotatable bonds is 7. The van der Waals surface area contributed by atoms with Crippen molar-refractivity contribution in [3.05, 3.63) is 65.7 Å². The van der Waals surface area contributed by atoms with Crippen LogP contribution in [0.25, 0.3) is 0 Å². The second-order valence-electron chi connectivity index (χ2n) is 8.81. The highest BCUT2D eigenvalue weighted by Crippen LogP contribution is 2.50. The minimum atomic E-state index is -0.0694. The maximum Gasteiger partial charge on any atom is 0.126 e. The Morgan fingerprint density at radius 2 is 1.75 bits per heavy atom. The lowest BCUT2D eigenvalue weighted by Gasteiger charge is -2.46. The van der Waals surface area contributed by atoms with Crippen molar-refractivity contribution in [3.63, 3.8) is 0 Å². The molecule has 0 bridgehead atoms. The second-order valence-corrected chi connectivity index (χ2v) is 8.81. The van der Waals surface area contributed by atoms with Gasteiger partial charge >= 0.3 is 0 Å². The maximum atomic E-state index is 13.8. The van der Waals surface area contributed by atoms with Gasteiger partial charge in [0, 0.05) is 23.9 Å². The summed E-state index contributed by atoms with van der Waals surface area (Å²) in [7, 11) is 0. The molecule has 4 rings (SSSR count). The number of nitrogens with zero attached hydrogens (tertiary/aromatic N) is 1. The van der Waals surface area contributed by atoms with E-state index in [4.69, 9.17) is 9.72 Å². The third-order valence-electron chi connectivity index (χ3n) is 6.93. The molecule has 3 heteroatoms. The molecule has 2 aromatic rings. The molecule has 1 aromatic carbocycles. The molecule has 1 aliphatic carbocycles. The Morgan fingerprint density at radius 3 is 2.54 bits per heavy atom. The molecule has 1 spiro atoms. The molecule has 1 atom stereocenters. The topological polar surface area (TPSA) is 22.1 Å². The van der Waals surface area contributed by atoms with E-state index in [1.54, 1.807) is 12.1 Å². The lowest BCUT2D eigenvalue weighted by molar-refractivity contribution is -0.104. The average molecular weight is 382 g/mol. The van der Waals surface area contributed by atoms with Gasteiger partial charge in [0.1, 0.15) is 5.82 Å². The molecular weight excluding hydrogens is 349 g/mol. The van der Waals surface area contributed by atoms with Crippen molar-refractivity contribution in [3.8, 4) is 0 Å². The van der Waals surface area contributed by atoms with Gasteiger partial charge in [0.25, 0.3) is 0 Å². The molecule has 2 fully saturated rings. The van der Waals surface area contributed by atoms with Crippen molar-refractivity contribution in [2.75, 3.05) is 6.61 Å². The van der Waals surface area contributed by atoms with Crippen molar-refractivity contribution < 1.29 is 9.13 Å². The van der Waals surface area contributed by atoms with E-state index in [1.807, 2.05) is 24.4 Å². The quantitative estimate of drug-likeness (QED) is 0.519. The number of aryl methyl sites for hydroxylation is 1. The van der Waals surface area contributed by atoms with Crippen LogP contribution in [0.15, 0.2) is 48.7 Å². The smallest absolute Gasteiger partial charge is 0.126 e. The van der Waals surface area contributed by atoms with Crippen LogP contribution in [0.2, 0.25) is 0 Å². The summed E-state index contributed by atoms with van der Waals surface area (Å²) in [5, 5.41) is 0. The summed E-state index contributed by atoms with van der Waals surface area (Å²) in [5.74, 6) is -0.0694. The Bertz CT molecular complexity index is 756. The lowest BCUT2D eigenvalue weighted by atomic mass is 9.67. The second kappa shape index (κ2) is 8.73. The van der Waals surface area contributed by atoms with Crippen LogP contribution in [0.5, 0.6) is 0 Å². The molecule has 1 saturated heterocycles. The number of unbranched alkanes of at least 4 members (excludes halogenated alkanes) is 2. The Labute approximate surface area is 168 Å². The summed E-state index contributed by atoms with van der Waals surface area (Å²) in [6.07, 6.45) is 14.4. The number of halogens is 1. The molecule has 2 nitrogen and oxygen atoms in total. The SMILES string of the molecule is Fc1ccccc1CCCCC[C@@]1(c2ccccn2)CCOC2(CCCC2)C1. The van der Waals surface area contributed by atoms with E-state index >= 15 is 0 Å². The maximum absolute atomic E-state index is 13.8. The zero-order valence-electron chi connectivity index (χ0n) is 16.8. The predicted molar refractivity (Wildman–Crippen MR) is 111 cm³/mol. The third-order valence-corrected chi connectivity index (χ3v) is 6.93. The standard InChI is InChI=1S/C25H32FNO/c26-22-12-4-3-11-21(22)10-2-1-6-14-24(23-13-5-9-18-27-23)17-19-28-25(20-24)15-7-8-16-25/h3-5,9,11-13,18H,1-2,6-8,10,14-17,19-20H2/t24-/m1/s1. The lowest BCUT2D eigenvalue weighted by Crippen LogP contribution is -2.46. The van der Waals surface area contributed by atoms with Crippen LogP contribution in [-0.2, 0) is 16.6 Å². The predicted octanol–water partition coefficient (Wildman–Crippen LogP) is 6.38. The Hall–Kier alpha value is -1.74. The van der Waals surface area contributed by atoms with Crippen molar-refractivity contribution >= 4 is 0 Å². The van der Waals surface area contributed by atoms with Crippen molar-refractivity contribution in [1.29, 1.82) is 0 Å². The average Bonchev–Trinajstić information content (AvgIpc) is 3.17. The van der Waals surface area contributed by atoms with Gasteiger partial charge in [-0.15, -0.1) is 0 Å². The summed E-state index contributed by atoms with van der Waals surface area (Å²) >= 11 is 0. The number of aromatic nitrogens is 1. The minimum Gasteiger partial charge on any atom is -0.375 e. The van der Waals surface area contributed by atoms with E-state index in [0.29, 0.717) is 0 Å². The fraction of sp³-hybridized carbons (Fsp3) is 0.560. The van der Waals surface area contributed by atoms with Crippen LogP contribution in [0.1, 0.15) is 75.5 Å². The molecule has 1 aliphatic heterocycles. The highest BCUT2D eigenvalue weighted by atomic mass is 19.1. The number of hydrogen-bond donors (Lipinski definition) is 0. The monoisotopic (exact) mass is 381 g/mol. The van der Waals surface area contributed by atoms with E-state index in [9.17, 15) is 4.39 Å². The number of benzene rings is 1. The van der Waals surface area contributed by atoms with Gasteiger partial charge < -0.3 is 4.74 Å². The molecule has 1 saturated carbocycles. The highest BCUT2D eigenvalue weighted by Gasteiger charge is 2.48. The van der Waals surface area contributed by atoms with Gasteiger partial charge in [-0.25, -0.2) is 4.39 Å². The highest BCUT2D eigenvalue weighted by molar-refractivity contribution is 5.21. The molecule has 0 amide bonds. The minimum absolute atomic E-state index is 0.0694.